The van der Waals surface area contributed by atoms with Crippen molar-refractivity contribution in [3.05, 3.63) is 24.4 Å². The number of rotatable bonds is 7. The Hall–Kier alpha value is -0.800. The summed E-state index contributed by atoms with van der Waals surface area (Å²) >= 11 is 5.46. The zero-order valence-corrected chi connectivity index (χ0v) is 8.83. The van der Waals surface area contributed by atoms with E-state index < -0.39 is 0 Å². The van der Waals surface area contributed by atoms with E-state index in [1.54, 1.807) is 6.20 Å². The van der Waals surface area contributed by atoms with E-state index in [-0.39, 0.29) is 0 Å². The van der Waals surface area contributed by atoms with Gasteiger partial charge in [-0.3, -0.25) is 0 Å². The molecule has 1 aromatic rings. The van der Waals surface area contributed by atoms with Crippen molar-refractivity contribution in [2.75, 3.05) is 31.0 Å². The van der Waals surface area contributed by atoms with Gasteiger partial charge in [-0.05, 0) is 18.6 Å². The topological polar surface area (TPSA) is 34.1 Å². The zero-order chi connectivity index (χ0) is 10.1. The third-order valence-electron chi connectivity index (χ3n) is 1.66. The van der Waals surface area contributed by atoms with Gasteiger partial charge in [-0.2, -0.15) is 0 Å². The first-order valence-corrected chi connectivity index (χ1v) is 5.25. The minimum Gasteiger partial charge on any atom is -0.380 e. The highest BCUT2D eigenvalue weighted by molar-refractivity contribution is 6.17. The van der Waals surface area contributed by atoms with Gasteiger partial charge in [0.25, 0.3) is 0 Å². The van der Waals surface area contributed by atoms with E-state index in [2.05, 4.69) is 10.3 Å². The molecule has 0 spiro atoms. The Balaban J connectivity index is 1.99. The Morgan fingerprint density at radius 1 is 1.36 bits per heavy atom. The zero-order valence-electron chi connectivity index (χ0n) is 8.08. The molecule has 4 heteroatoms. The predicted molar refractivity (Wildman–Crippen MR) is 58.9 cm³/mol. The van der Waals surface area contributed by atoms with E-state index in [9.17, 15) is 0 Å². The van der Waals surface area contributed by atoms with E-state index in [4.69, 9.17) is 16.3 Å². The van der Waals surface area contributed by atoms with E-state index in [0.29, 0.717) is 12.5 Å². The highest BCUT2D eigenvalue weighted by Gasteiger charge is 1.91. The smallest absolute Gasteiger partial charge is 0.125 e. The van der Waals surface area contributed by atoms with Gasteiger partial charge < -0.3 is 10.1 Å². The first kappa shape index (κ1) is 11.3. The lowest BCUT2D eigenvalue weighted by atomic mass is 10.4. The number of halogens is 1. The average Bonchev–Trinajstić information content (AvgIpc) is 2.25. The fourth-order valence-corrected chi connectivity index (χ4v) is 1.12. The van der Waals surface area contributed by atoms with Crippen LogP contribution in [0.1, 0.15) is 6.42 Å². The molecule has 0 radical (unpaired) electrons. The van der Waals surface area contributed by atoms with Crippen molar-refractivity contribution in [2.24, 2.45) is 0 Å². The maximum Gasteiger partial charge on any atom is 0.125 e. The largest absolute Gasteiger partial charge is 0.380 e. The number of alkyl halides is 1. The minimum atomic E-state index is 0.563. The molecule has 0 saturated carbocycles. The van der Waals surface area contributed by atoms with Crippen molar-refractivity contribution in [1.29, 1.82) is 0 Å². The third kappa shape index (κ3) is 5.04. The predicted octanol–water partition coefficient (Wildman–Crippen LogP) is 2.14. The van der Waals surface area contributed by atoms with Gasteiger partial charge in [-0.1, -0.05) is 6.07 Å². The van der Waals surface area contributed by atoms with Gasteiger partial charge in [0.05, 0.1) is 6.61 Å². The summed E-state index contributed by atoms with van der Waals surface area (Å²) in [5, 5.41) is 3.20. The van der Waals surface area contributed by atoms with Crippen LogP contribution < -0.4 is 5.32 Å². The summed E-state index contributed by atoms with van der Waals surface area (Å²) in [7, 11) is 0. The number of nitrogens with one attached hydrogen (secondary N) is 1. The quantitative estimate of drug-likeness (QED) is 0.558. The lowest BCUT2D eigenvalue weighted by Gasteiger charge is -2.04. The van der Waals surface area contributed by atoms with Crippen molar-refractivity contribution >= 4 is 17.4 Å². The summed E-state index contributed by atoms with van der Waals surface area (Å²) in [5.41, 5.74) is 0. The molecule has 0 unspecified atom stereocenters. The maximum absolute atomic E-state index is 5.46. The molecule has 0 aromatic carbocycles. The van der Waals surface area contributed by atoms with E-state index in [0.717, 1.165) is 25.4 Å². The van der Waals surface area contributed by atoms with Gasteiger partial charge in [-0.15, -0.1) is 11.6 Å². The molecule has 0 bridgehead atoms. The summed E-state index contributed by atoms with van der Waals surface area (Å²) in [6.07, 6.45) is 2.74. The molecule has 1 rings (SSSR count). The van der Waals surface area contributed by atoms with Crippen molar-refractivity contribution < 1.29 is 4.74 Å². The first-order chi connectivity index (χ1) is 6.93. The second kappa shape index (κ2) is 7.59. The summed E-state index contributed by atoms with van der Waals surface area (Å²) in [6, 6.07) is 5.80. The van der Waals surface area contributed by atoms with Crippen LogP contribution in [0.4, 0.5) is 5.82 Å². The second-order valence-corrected chi connectivity index (χ2v) is 3.17. The molecular weight excluding hydrogens is 200 g/mol. The van der Waals surface area contributed by atoms with E-state index in [1.165, 1.54) is 0 Å². The number of ether oxygens (including phenoxy) is 1. The van der Waals surface area contributed by atoms with Crippen molar-refractivity contribution in [3.63, 3.8) is 0 Å². The van der Waals surface area contributed by atoms with Gasteiger partial charge in [0.15, 0.2) is 0 Å². The fourth-order valence-electron chi connectivity index (χ4n) is 1.01. The molecule has 3 nitrogen and oxygen atoms in total. The summed E-state index contributed by atoms with van der Waals surface area (Å²) in [4.78, 5) is 4.14. The molecule has 0 aliphatic carbocycles. The normalized spacial score (nSPS) is 10.1. The number of pyridine rings is 1. The van der Waals surface area contributed by atoms with Crippen molar-refractivity contribution in [3.8, 4) is 0 Å². The van der Waals surface area contributed by atoms with E-state index >= 15 is 0 Å². The monoisotopic (exact) mass is 214 g/mol. The van der Waals surface area contributed by atoms with E-state index in [1.807, 2.05) is 18.2 Å². The number of aromatic nitrogens is 1. The number of hydrogen-bond acceptors (Lipinski definition) is 3. The molecule has 0 fully saturated rings. The lowest BCUT2D eigenvalue weighted by molar-refractivity contribution is 0.149. The first-order valence-electron chi connectivity index (χ1n) is 4.72. The Morgan fingerprint density at radius 3 is 3.00 bits per heavy atom. The highest BCUT2D eigenvalue weighted by atomic mass is 35.5. The summed E-state index contributed by atoms with van der Waals surface area (Å²) < 4.78 is 5.23. The minimum absolute atomic E-state index is 0.563. The molecule has 78 valence electrons. The molecule has 0 aliphatic rings. The van der Waals surface area contributed by atoms with Crippen molar-refractivity contribution in [1.82, 2.24) is 4.98 Å². The Labute approximate surface area is 89.4 Å². The molecule has 14 heavy (non-hydrogen) atoms. The molecule has 0 atom stereocenters. The standard InChI is InChI=1S/C10H15ClN2O/c11-5-9-14-8-3-7-13-10-4-1-2-6-12-10/h1-2,4,6H,3,5,7-9H2,(H,12,13). The highest BCUT2D eigenvalue weighted by Crippen LogP contribution is 1.99. The Kier molecular flexibility index (Phi) is 6.11. The van der Waals surface area contributed by atoms with Crippen LogP contribution in [-0.4, -0.2) is 30.6 Å². The Bertz CT molecular complexity index is 231. The van der Waals surface area contributed by atoms with Crippen molar-refractivity contribution in [2.45, 2.75) is 6.42 Å². The van der Waals surface area contributed by atoms with Crippen LogP contribution in [-0.2, 0) is 4.74 Å². The third-order valence-corrected chi connectivity index (χ3v) is 1.81. The summed E-state index contributed by atoms with van der Waals surface area (Å²) in [6.45, 7) is 2.25. The molecule has 1 heterocycles. The number of nitrogens with zero attached hydrogens (tertiary/aromatic N) is 1. The molecule has 0 amide bonds. The van der Waals surface area contributed by atoms with Gasteiger partial charge >= 0.3 is 0 Å². The molecular formula is C10H15ClN2O. The van der Waals surface area contributed by atoms with Gasteiger partial charge in [0.1, 0.15) is 5.82 Å². The van der Waals surface area contributed by atoms with Gasteiger partial charge in [-0.25, -0.2) is 4.98 Å². The molecule has 0 aliphatic heterocycles. The Morgan fingerprint density at radius 2 is 2.29 bits per heavy atom. The van der Waals surface area contributed by atoms with Crippen LogP contribution in [0.5, 0.6) is 0 Å². The number of anilines is 1. The second-order valence-electron chi connectivity index (χ2n) is 2.80. The van der Waals surface area contributed by atoms with Gasteiger partial charge in [0.2, 0.25) is 0 Å². The van der Waals surface area contributed by atoms with Crippen LogP contribution >= 0.6 is 11.6 Å². The molecule has 0 saturated heterocycles. The maximum atomic E-state index is 5.46. The lowest BCUT2D eigenvalue weighted by Crippen LogP contribution is -2.07. The fraction of sp³-hybridized carbons (Fsp3) is 0.500. The molecule has 1 N–H and O–H groups in total. The van der Waals surface area contributed by atoms with Crippen LogP contribution in [0.3, 0.4) is 0 Å². The van der Waals surface area contributed by atoms with Crippen LogP contribution in [0.2, 0.25) is 0 Å². The van der Waals surface area contributed by atoms with Crippen LogP contribution in [0, 0.1) is 0 Å². The SMILES string of the molecule is ClCCOCCCNc1ccccn1. The van der Waals surface area contributed by atoms with Crippen LogP contribution in [0.15, 0.2) is 24.4 Å². The van der Waals surface area contributed by atoms with Crippen LogP contribution in [0.25, 0.3) is 0 Å². The van der Waals surface area contributed by atoms with Gasteiger partial charge in [0, 0.05) is 25.2 Å². The summed E-state index contributed by atoms with van der Waals surface area (Å²) in [5.74, 6) is 1.47. The number of hydrogen-bond donors (Lipinski definition) is 1. The average molecular weight is 215 g/mol. The molecule has 1 aromatic heterocycles.